The minimum atomic E-state index is 0.389. The number of methoxy groups -OCH3 is 1. The van der Waals surface area contributed by atoms with Crippen molar-refractivity contribution in [2.24, 2.45) is 0 Å². The Bertz CT molecular complexity index is 679. The van der Waals surface area contributed by atoms with Gasteiger partial charge in [0.1, 0.15) is 17.3 Å². The van der Waals surface area contributed by atoms with E-state index in [0.717, 1.165) is 35.9 Å². The molecule has 0 fully saturated rings. The number of aromatic nitrogens is 2. The number of nitrogens with one attached hydrogen (secondary N) is 1. The molecule has 118 valence electrons. The van der Waals surface area contributed by atoms with Crippen molar-refractivity contribution in [3.8, 4) is 11.4 Å². The van der Waals surface area contributed by atoms with Gasteiger partial charge in [-0.1, -0.05) is 25.4 Å². The van der Waals surface area contributed by atoms with Gasteiger partial charge in [0.2, 0.25) is 0 Å². The predicted molar refractivity (Wildman–Crippen MR) is 90.6 cm³/mol. The first-order chi connectivity index (χ1) is 10.6. The van der Waals surface area contributed by atoms with Gasteiger partial charge in [0.05, 0.1) is 12.8 Å². The van der Waals surface area contributed by atoms with Gasteiger partial charge in [-0.3, -0.25) is 0 Å². The Labute approximate surface area is 136 Å². The first kappa shape index (κ1) is 15.2. The van der Waals surface area contributed by atoms with Gasteiger partial charge in [0.25, 0.3) is 0 Å². The number of ether oxygens (including phenoxy) is 1. The summed E-state index contributed by atoms with van der Waals surface area (Å²) in [4.78, 5) is 0. The number of hydrogen-bond acceptors (Lipinski definition) is 3. The van der Waals surface area contributed by atoms with Gasteiger partial charge in [0, 0.05) is 17.1 Å². The van der Waals surface area contributed by atoms with Crippen molar-refractivity contribution in [3.05, 3.63) is 34.5 Å². The fraction of sp³-hybridized carbons (Fsp3) is 0.471. The SMILES string of the molecule is COc1ccc(Cl)cc1-n1nc(C(C)C)c2c1NCCCC2. The van der Waals surface area contributed by atoms with E-state index in [-0.39, 0.29) is 0 Å². The number of halogens is 1. The second-order valence-electron chi connectivity index (χ2n) is 5.98. The Hall–Kier alpha value is -1.68. The lowest BCUT2D eigenvalue weighted by Crippen LogP contribution is -2.08. The standard InChI is InChI=1S/C17H22ClN3O/c1-11(2)16-13-6-4-5-9-19-17(13)21(20-16)14-10-12(18)7-8-15(14)22-3/h7-8,10-11,19H,4-6,9H2,1-3H3. The maximum atomic E-state index is 6.19. The molecule has 0 aliphatic carbocycles. The number of anilines is 1. The van der Waals surface area contributed by atoms with Gasteiger partial charge in [-0.25, -0.2) is 4.68 Å². The minimum Gasteiger partial charge on any atom is -0.494 e. The van der Waals surface area contributed by atoms with Crippen LogP contribution >= 0.6 is 11.6 Å². The normalized spacial score (nSPS) is 14.4. The van der Waals surface area contributed by atoms with Crippen LogP contribution in [0.15, 0.2) is 18.2 Å². The van der Waals surface area contributed by atoms with Crippen LogP contribution in [-0.4, -0.2) is 23.4 Å². The molecule has 4 nitrogen and oxygen atoms in total. The smallest absolute Gasteiger partial charge is 0.144 e. The van der Waals surface area contributed by atoms with E-state index in [1.54, 1.807) is 7.11 Å². The van der Waals surface area contributed by atoms with E-state index in [4.69, 9.17) is 21.4 Å². The van der Waals surface area contributed by atoms with Gasteiger partial charge in [-0.2, -0.15) is 5.10 Å². The molecule has 2 heterocycles. The summed E-state index contributed by atoms with van der Waals surface area (Å²) in [5.41, 5.74) is 3.37. The third-order valence-electron chi connectivity index (χ3n) is 4.08. The molecule has 5 heteroatoms. The molecule has 1 aliphatic rings. The van der Waals surface area contributed by atoms with E-state index >= 15 is 0 Å². The molecule has 2 aromatic rings. The monoisotopic (exact) mass is 319 g/mol. The summed E-state index contributed by atoms with van der Waals surface area (Å²) in [5, 5.41) is 9.09. The van der Waals surface area contributed by atoms with E-state index in [9.17, 15) is 0 Å². The van der Waals surface area contributed by atoms with E-state index in [2.05, 4.69) is 19.2 Å². The number of benzene rings is 1. The van der Waals surface area contributed by atoms with E-state index in [1.807, 2.05) is 22.9 Å². The van der Waals surface area contributed by atoms with Crippen LogP contribution in [0.25, 0.3) is 5.69 Å². The fourth-order valence-corrected chi connectivity index (χ4v) is 3.16. The summed E-state index contributed by atoms with van der Waals surface area (Å²) >= 11 is 6.19. The molecule has 1 aromatic heterocycles. The van der Waals surface area contributed by atoms with Gasteiger partial charge < -0.3 is 10.1 Å². The van der Waals surface area contributed by atoms with E-state index < -0.39 is 0 Å². The lowest BCUT2D eigenvalue weighted by atomic mass is 10.0. The molecular formula is C17H22ClN3O. The summed E-state index contributed by atoms with van der Waals surface area (Å²) in [6.07, 6.45) is 3.44. The first-order valence-electron chi connectivity index (χ1n) is 7.81. The number of rotatable bonds is 3. The second kappa shape index (κ2) is 6.21. The van der Waals surface area contributed by atoms with Crippen molar-refractivity contribution in [2.75, 3.05) is 19.0 Å². The molecular weight excluding hydrogens is 298 g/mol. The minimum absolute atomic E-state index is 0.389. The first-order valence-corrected chi connectivity index (χ1v) is 8.19. The second-order valence-corrected chi connectivity index (χ2v) is 6.42. The molecule has 22 heavy (non-hydrogen) atoms. The highest BCUT2D eigenvalue weighted by Crippen LogP contribution is 2.35. The number of hydrogen-bond donors (Lipinski definition) is 1. The van der Waals surface area contributed by atoms with Crippen molar-refractivity contribution in [2.45, 2.75) is 39.0 Å². The molecule has 0 spiro atoms. The van der Waals surface area contributed by atoms with Crippen molar-refractivity contribution in [1.29, 1.82) is 0 Å². The lowest BCUT2D eigenvalue weighted by molar-refractivity contribution is 0.411. The van der Waals surface area contributed by atoms with Crippen molar-refractivity contribution < 1.29 is 4.74 Å². The largest absolute Gasteiger partial charge is 0.494 e. The fourth-order valence-electron chi connectivity index (χ4n) is 3.00. The third kappa shape index (κ3) is 2.68. The molecule has 0 unspecified atom stereocenters. The Morgan fingerprint density at radius 2 is 2.14 bits per heavy atom. The van der Waals surface area contributed by atoms with Crippen LogP contribution in [0.3, 0.4) is 0 Å². The average Bonchev–Trinajstić information content (AvgIpc) is 2.69. The molecule has 0 saturated heterocycles. The average molecular weight is 320 g/mol. The van der Waals surface area contributed by atoms with Crippen molar-refractivity contribution in [3.63, 3.8) is 0 Å². The van der Waals surface area contributed by atoms with E-state index in [1.165, 1.54) is 18.4 Å². The molecule has 1 aromatic carbocycles. The van der Waals surface area contributed by atoms with Gasteiger partial charge in [-0.15, -0.1) is 0 Å². The maximum Gasteiger partial charge on any atom is 0.144 e. The molecule has 3 rings (SSSR count). The van der Waals surface area contributed by atoms with Crippen LogP contribution in [0.2, 0.25) is 5.02 Å². The summed E-state index contributed by atoms with van der Waals surface area (Å²) in [6, 6.07) is 5.63. The number of nitrogens with zero attached hydrogens (tertiary/aromatic N) is 2. The third-order valence-corrected chi connectivity index (χ3v) is 4.31. The Morgan fingerprint density at radius 1 is 1.32 bits per heavy atom. The quantitative estimate of drug-likeness (QED) is 0.911. The van der Waals surface area contributed by atoms with Crippen LogP contribution in [0.5, 0.6) is 5.75 Å². The Morgan fingerprint density at radius 3 is 2.86 bits per heavy atom. The zero-order chi connectivity index (χ0) is 15.7. The number of fused-ring (bicyclic) bond motifs is 1. The van der Waals surface area contributed by atoms with Crippen LogP contribution in [0.1, 0.15) is 43.9 Å². The summed E-state index contributed by atoms with van der Waals surface area (Å²) in [5.74, 6) is 2.25. The van der Waals surface area contributed by atoms with Crippen LogP contribution in [-0.2, 0) is 6.42 Å². The molecule has 1 aliphatic heterocycles. The van der Waals surface area contributed by atoms with Crippen LogP contribution < -0.4 is 10.1 Å². The summed E-state index contributed by atoms with van der Waals surface area (Å²) in [6.45, 7) is 5.35. The van der Waals surface area contributed by atoms with E-state index in [0.29, 0.717) is 10.9 Å². The Kier molecular flexibility index (Phi) is 4.30. The molecule has 0 radical (unpaired) electrons. The highest BCUT2D eigenvalue weighted by Gasteiger charge is 2.23. The molecule has 0 saturated carbocycles. The molecule has 1 N–H and O–H groups in total. The zero-order valence-corrected chi connectivity index (χ0v) is 14.1. The van der Waals surface area contributed by atoms with Crippen molar-refractivity contribution in [1.82, 2.24) is 9.78 Å². The van der Waals surface area contributed by atoms with Gasteiger partial charge >= 0.3 is 0 Å². The molecule has 0 atom stereocenters. The lowest BCUT2D eigenvalue weighted by Gasteiger charge is -2.13. The zero-order valence-electron chi connectivity index (χ0n) is 13.3. The highest BCUT2D eigenvalue weighted by atomic mass is 35.5. The van der Waals surface area contributed by atoms with Gasteiger partial charge in [-0.05, 0) is 43.4 Å². The summed E-state index contributed by atoms with van der Waals surface area (Å²) in [7, 11) is 1.67. The van der Waals surface area contributed by atoms with Crippen molar-refractivity contribution >= 4 is 17.4 Å². The maximum absolute atomic E-state index is 6.19. The predicted octanol–water partition coefficient (Wildman–Crippen LogP) is 4.41. The molecule has 0 bridgehead atoms. The Balaban J connectivity index is 2.21. The molecule has 0 amide bonds. The van der Waals surface area contributed by atoms with Gasteiger partial charge in [0.15, 0.2) is 0 Å². The summed E-state index contributed by atoms with van der Waals surface area (Å²) < 4.78 is 7.46. The highest BCUT2D eigenvalue weighted by molar-refractivity contribution is 6.30. The van der Waals surface area contributed by atoms with Crippen LogP contribution in [0, 0.1) is 0 Å². The topological polar surface area (TPSA) is 39.1 Å². The van der Waals surface area contributed by atoms with Crippen LogP contribution in [0.4, 0.5) is 5.82 Å².